The molecule has 3 N–H and O–H groups in total. The lowest BCUT2D eigenvalue weighted by Gasteiger charge is -2.16. The van der Waals surface area contributed by atoms with Crippen LogP contribution in [-0.2, 0) is 9.53 Å². The molecule has 1 fully saturated rings. The predicted octanol–water partition coefficient (Wildman–Crippen LogP) is 2.92. The Hall–Kier alpha value is -1.75. The Bertz CT molecular complexity index is 540. The summed E-state index contributed by atoms with van der Waals surface area (Å²) in [6.07, 6.45) is 6.70. The van der Waals surface area contributed by atoms with Gasteiger partial charge in [-0.1, -0.05) is 37.3 Å². The molecule has 6 heteroatoms. The molecule has 0 saturated heterocycles. The van der Waals surface area contributed by atoms with Crippen molar-refractivity contribution in [3.63, 3.8) is 0 Å². The van der Waals surface area contributed by atoms with Crippen LogP contribution >= 0.6 is 11.6 Å². The molecule has 2 rings (SSSR count). The van der Waals surface area contributed by atoms with Crippen molar-refractivity contribution >= 4 is 29.2 Å². The number of rotatable bonds is 4. The minimum Gasteiger partial charge on any atom is -0.452 e. The highest BCUT2D eigenvalue weighted by molar-refractivity contribution is 6.33. The van der Waals surface area contributed by atoms with Crippen molar-refractivity contribution < 1.29 is 14.3 Å². The average molecular weight is 325 g/mol. The number of hydrogen-bond donors (Lipinski definition) is 2. The predicted molar refractivity (Wildman–Crippen MR) is 85.8 cm³/mol. The molecular weight excluding hydrogens is 304 g/mol. The van der Waals surface area contributed by atoms with Crippen LogP contribution < -0.4 is 11.1 Å². The fourth-order valence-electron chi connectivity index (χ4n) is 2.58. The summed E-state index contributed by atoms with van der Waals surface area (Å²) in [6, 6.07) is 4.68. The molecule has 5 nitrogen and oxygen atoms in total. The Morgan fingerprint density at radius 2 is 1.91 bits per heavy atom. The summed E-state index contributed by atoms with van der Waals surface area (Å²) in [6.45, 7) is -0.280. The Morgan fingerprint density at radius 1 is 1.23 bits per heavy atom. The first-order valence-corrected chi connectivity index (χ1v) is 7.95. The minimum atomic E-state index is -0.584. The van der Waals surface area contributed by atoms with E-state index in [0.717, 1.165) is 25.7 Å². The van der Waals surface area contributed by atoms with Gasteiger partial charge in [0.1, 0.15) is 0 Å². The molecule has 0 radical (unpaired) electrons. The van der Waals surface area contributed by atoms with E-state index >= 15 is 0 Å². The van der Waals surface area contributed by atoms with Gasteiger partial charge in [0.05, 0.1) is 16.3 Å². The number of halogens is 1. The van der Waals surface area contributed by atoms with Crippen LogP contribution in [0.5, 0.6) is 0 Å². The molecule has 1 aliphatic carbocycles. The fraction of sp³-hybridized carbons (Fsp3) is 0.500. The molecule has 0 bridgehead atoms. The zero-order valence-electron chi connectivity index (χ0n) is 12.4. The third kappa shape index (κ3) is 4.91. The number of nitrogens with two attached hydrogens (primary N) is 1. The number of nitrogens with one attached hydrogen (secondary N) is 1. The van der Waals surface area contributed by atoms with Gasteiger partial charge in [0.25, 0.3) is 5.91 Å². The lowest BCUT2D eigenvalue weighted by Crippen LogP contribution is -2.37. The van der Waals surface area contributed by atoms with E-state index in [9.17, 15) is 9.59 Å². The van der Waals surface area contributed by atoms with Crippen molar-refractivity contribution in [2.24, 2.45) is 0 Å². The molecule has 120 valence electrons. The Balaban J connectivity index is 1.79. The maximum atomic E-state index is 11.9. The lowest BCUT2D eigenvalue weighted by molar-refractivity contribution is -0.125. The van der Waals surface area contributed by atoms with E-state index in [1.54, 1.807) is 0 Å². The van der Waals surface area contributed by atoms with E-state index in [-0.39, 0.29) is 24.1 Å². The van der Waals surface area contributed by atoms with Crippen molar-refractivity contribution in [2.75, 3.05) is 12.3 Å². The number of benzene rings is 1. The first kappa shape index (κ1) is 16.6. The number of anilines is 1. The minimum absolute atomic E-state index is 0.194. The number of ether oxygens (including phenoxy) is 1. The van der Waals surface area contributed by atoms with Crippen LogP contribution in [0.4, 0.5) is 5.69 Å². The topological polar surface area (TPSA) is 81.4 Å². The fourth-order valence-corrected chi connectivity index (χ4v) is 2.70. The molecule has 1 aromatic carbocycles. The normalized spacial score (nSPS) is 15.9. The van der Waals surface area contributed by atoms with Gasteiger partial charge in [-0.25, -0.2) is 4.79 Å². The van der Waals surface area contributed by atoms with Crippen LogP contribution in [0, 0.1) is 0 Å². The number of nitrogen functional groups attached to an aromatic ring is 1. The van der Waals surface area contributed by atoms with Gasteiger partial charge in [-0.3, -0.25) is 4.79 Å². The monoisotopic (exact) mass is 324 g/mol. The molecule has 0 spiro atoms. The Labute approximate surface area is 135 Å². The molecule has 0 unspecified atom stereocenters. The first-order valence-electron chi connectivity index (χ1n) is 7.58. The van der Waals surface area contributed by atoms with Crippen LogP contribution in [0.15, 0.2) is 18.2 Å². The van der Waals surface area contributed by atoms with Crippen molar-refractivity contribution in [3.8, 4) is 0 Å². The second-order valence-electron chi connectivity index (χ2n) is 5.57. The van der Waals surface area contributed by atoms with E-state index in [2.05, 4.69) is 5.32 Å². The molecule has 1 amide bonds. The zero-order chi connectivity index (χ0) is 15.9. The lowest BCUT2D eigenvalue weighted by atomic mass is 10.1. The van der Waals surface area contributed by atoms with E-state index in [1.807, 2.05) is 0 Å². The van der Waals surface area contributed by atoms with Crippen LogP contribution in [0.1, 0.15) is 48.9 Å². The summed E-state index contributed by atoms with van der Waals surface area (Å²) in [7, 11) is 0. The van der Waals surface area contributed by atoms with Crippen LogP contribution in [0.3, 0.4) is 0 Å². The SMILES string of the molecule is Nc1cc(C(=O)OCC(=O)NC2CCCCCC2)ccc1Cl. The Kier molecular flexibility index (Phi) is 6.07. The number of carbonyl (C=O) groups is 2. The summed E-state index contributed by atoms with van der Waals surface area (Å²) < 4.78 is 5.01. The van der Waals surface area contributed by atoms with Gasteiger partial charge in [0.15, 0.2) is 6.61 Å². The van der Waals surface area contributed by atoms with Gasteiger partial charge in [0.2, 0.25) is 0 Å². The highest BCUT2D eigenvalue weighted by Gasteiger charge is 2.16. The standard InChI is InChI=1S/C16H21ClN2O3/c17-13-8-7-11(9-14(13)18)16(21)22-10-15(20)19-12-5-3-1-2-4-6-12/h7-9,12H,1-6,10,18H2,(H,19,20). The summed E-state index contributed by atoms with van der Waals surface area (Å²) >= 11 is 5.79. The largest absolute Gasteiger partial charge is 0.452 e. The van der Waals surface area contributed by atoms with Gasteiger partial charge in [-0.2, -0.15) is 0 Å². The zero-order valence-corrected chi connectivity index (χ0v) is 13.2. The van der Waals surface area contributed by atoms with Crippen molar-refractivity contribution in [2.45, 2.75) is 44.6 Å². The highest BCUT2D eigenvalue weighted by Crippen LogP contribution is 2.20. The number of esters is 1. The molecular formula is C16H21ClN2O3. The summed E-state index contributed by atoms with van der Waals surface area (Å²) in [5.74, 6) is -0.846. The van der Waals surface area contributed by atoms with Crippen LogP contribution in [0.2, 0.25) is 5.02 Å². The number of hydrogen-bond acceptors (Lipinski definition) is 4. The van der Waals surface area contributed by atoms with Gasteiger partial charge in [-0.05, 0) is 31.0 Å². The molecule has 0 heterocycles. The third-order valence-corrected chi connectivity index (χ3v) is 4.13. The first-order chi connectivity index (χ1) is 10.6. The van der Waals surface area contributed by atoms with Crippen molar-refractivity contribution in [1.82, 2.24) is 5.32 Å². The molecule has 1 aromatic rings. The van der Waals surface area contributed by atoms with Crippen molar-refractivity contribution in [3.05, 3.63) is 28.8 Å². The van der Waals surface area contributed by atoms with Gasteiger partial charge in [0, 0.05) is 6.04 Å². The second-order valence-corrected chi connectivity index (χ2v) is 5.98. The smallest absolute Gasteiger partial charge is 0.338 e. The summed E-state index contributed by atoms with van der Waals surface area (Å²) in [5, 5.41) is 3.30. The van der Waals surface area contributed by atoms with E-state index in [0.29, 0.717) is 10.7 Å². The average Bonchev–Trinajstić information content (AvgIpc) is 2.76. The number of carbonyl (C=O) groups excluding carboxylic acids is 2. The molecule has 1 saturated carbocycles. The number of amides is 1. The summed E-state index contributed by atoms with van der Waals surface area (Å²) in [5.41, 5.74) is 6.22. The summed E-state index contributed by atoms with van der Waals surface area (Å²) in [4.78, 5) is 23.7. The van der Waals surface area contributed by atoms with E-state index in [1.165, 1.54) is 31.0 Å². The molecule has 0 aromatic heterocycles. The maximum Gasteiger partial charge on any atom is 0.338 e. The Morgan fingerprint density at radius 3 is 2.55 bits per heavy atom. The van der Waals surface area contributed by atoms with Gasteiger partial charge >= 0.3 is 5.97 Å². The maximum absolute atomic E-state index is 11.9. The highest BCUT2D eigenvalue weighted by atomic mass is 35.5. The van der Waals surface area contributed by atoms with Gasteiger partial charge < -0.3 is 15.8 Å². The van der Waals surface area contributed by atoms with Crippen LogP contribution in [0.25, 0.3) is 0 Å². The molecule has 1 aliphatic rings. The van der Waals surface area contributed by atoms with Crippen LogP contribution in [-0.4, -0.2) is 24.5 Å². The molecule has 0 atom stereocenters. The van der Waals surface area contributed by atoms with E-state index < -0.39 is 5.97 Å². The quantitative estimate of drug-likeness (QED) is 0.507. The molecule has 22 heavy (non-hydrogen) atoms. The van der Waals surface area contributed by atoms with Crippen molar-refractivity contribution in [1.29, 1.82) is 0 Å². The molecule has 0 aliphatic heterocycles. The van der Waals surface area contributed by atoms with E-state index in [4.69, 9.17) is 22.1 Å². The second kappa shape index (κ2) is 8.03. The third-order valence-electron chi connectivity index (χ3n) is 3.79. The van der Waals surface area contributed by atoms with Gasteiger partial charge in [-0.15, -0.1) is 0 Å².